The molecule has 1 aliphatic rings. The molecule has 0 saturated heterocycles. The third-order valence-electron chi connectivity index (χ3n) is 5.09. The minimum Gasteiger partial charge on any atom is -0.369 e. The summed E-state index contributed by atoms with van der Waals surface area (Å²) >= 11 is 0. The largest absolute Gasteiger partial charge is 0.369 e. The molecule has 1 atom stereocenters. The molecule has 2 aromatic carbocycles. The van der Waals surface area contributed by atoms with E-state index in [4.69, 9.17) is 4.74 Å². The van der Waals surface area contributed by atoms with E-state index < -0.39 is 5.60 Å². The highest BCUT2D eigenvalue weighted by atomic mass is 16.5. The zero-order valence-electron chi connectivity index (χ0n) is 14.2. The molecule has 2 aromatic rings. The van der Waals surface area contributed by atoms with Crippen LogP contribution in [-0.4, -0.2) is 20.2 Å². The van der Waals surface area contributed by atoms with Crippen LogP contribution in [-0.2, 0) is 10.3 Å². The van der Waals surface area contributed by atoms with Gasteiger partial charge in [-0.15, -0.1) is 0 Å². The van der Waals surface area contributed by atoms with E-state index in [1.165, 1.54) is 30.4 Å². The van der Waals surface area contributed by atoms with Crippen LogP contribution in [0, 0.1) is 5.92 Å². The average Bonchev–Trinajstić information content (AvgIpc) is 3.44. The Labute approximate surface area is 139 Å². The fourth-order valence-electron chi connectivity index (χ4n) is 3.54. The van der Waals surface area contributed by atoms with E-state index in [1.807, 2.05) is 7.11 Å². The van der Waals surface area contributed by atoms with Crippen LogP contribution in [0.3, 0.4) is 0 Å². The Balaban J connectivity index is 1.97. The minimum atomic E-state index is -0.398. The third-order valence-corrected chi connectivity index (χ3v) is 5.09. The topological polar surface area (TPSA) is 21.3 Å². The molecule has 0 radical (unpaired) electrons. The number of nitrogens with one attached hydrogen (secondary N) is 1. The Hall–Kier alpha value is -1.64. The fourth-order valence-corrected chi connectivity index (χ4v) is 3.54. The second-order valence-corrected chi connectivity index (χ2v) is 6.63. The fraction of sp³-hybridized carbons (Fsp3) is 0.429. The summed E-state index contributed by atoms with van der Waals surface area (Å²) in [6.45, 7) is 0. The molecule has 3 rings (SSSR count). The van der Waals surface area contributed by atoms with E-state index in [9.17, 15) is 0 Å². The second-order valence-electron chi connectivity index (χ2n) is 6.63. The molecular formula is C21H27NO. The maximum Gasteiger partial charge on any atom is 0.119 e. The van der Waals surface area contributed by atoms with Gasteiger partial charge in [-0.05, 0) is 30.5 Å². The molecule has 0 aliphatic heterocycles. The summed E-state index contributed by atoms with van der Waals surface area (Å²) < 4.78 is 6.20. The molecule has 1 aliphatic carbocycles. The second kappa shape index (κ2) is 7.29. The lowest BCUT2D eigenvalue weighted by Gasteiger charge is -2.37. The van der Waals surface area contributed by atoms with Crippen molar-refractivity contribution in [3.63, 3.8) is 0 Å². The van der Waals surface area contributed by atoms with E-state index in [2.05, 4.69) is 73.0 Å². The van der Waals surface area contributed by atoms with Crippen molar-refractivity contribution in [2.45, 2.75) is 37.3 Å². The number of hydrogen-bond donors (Lipinski definition) is 1. The first-order valence-corrected chi connectivity index (χ1v) is 8.62. The van der Waals surface area contributed by atoms with E-state index in [0.29, 0.717) is 6.04 Å². The molecular weight excluding hydrogens is 282 g/mol. The molecule has 0 heterocycles. The van der Waals surface area contributed by atoms with Crippen molar-refractivity contribution in [2.24, 2.45) is 5.92 Å². The standard InChI is InChI=1S/C21H27NO/c1-22-20(15-17-13-14-17)16-21(23-2,18-9-5-3-6-10-18)19-11-7-4-8-12-19/h3-12,17,20,22H,13-16H2,1-2H3. The van der Waals surface area contributed by atoms with Crippen LogP contribution in [0.5, 0.6) is 0 Å². The highest BCUT2D eigenvalue weighted by Crippen LogP contribution is 2.41. The molecule has 0 spiro atoms. The van der Waals surface area contributed by atoms with Crippen LogP contribution in [0.4, 0.5) is 0 Å². The van der Waals surface area contributed by atoms with Gasteiger partial charge < -0.3 is 10.1 Å². The van der Waals surface area contributed by atoms with Crippen LogP contribution >= 0.6 is 0 Å². The molecule has 2 heteroatoms. The predicted octanol–water partition coefficient (Wildman–Crippen LogP) is 4.35. The van der Waals surface area contributed by atoms with Gasteiger partial charge in [-0.3, -0.25) is 0 Å². The number of benzene rings is 2. The zero-order chi connectivity index (χ0) is 16.1. The molecule has 1 fully saturated rings. The molecule has 1 saturated carbocycles. The summed E-state index contributed by atoms with van der Waals surface area (Å²) in [5.41, 5.74) is 2.06. The van der Waals surface area contributed by atoms with Crippen molar-refractivity contribution >= 4 is 0 Å². The highest BCUT2D eigenvalue weighted by Gasteiger charge is 2.38. The lowest BCUT2D eigenvalue weighted by molar-refractivity contribution is 0.00527. The van der Waals surface area contributed by atoms with Crippen LogP contribution < -0.4 is 5.32 Å². The summed E-state index contributed by atoms with van der Waals surface area (Å²) in [4.78, 5) is 0. The number of methoxy groups -OCH3 is 1. The van der Waals surface area contributed by atoms with Crippen molar-refractivity contribution in [3.8, 4) is 0 Å². The molecule has 0 bridgehead atoms. The van der Waals surface area contributed by atoms with Gasteiger partial charge in [-0.25, -0.2) is 0 Å². The first-order chi connectivity index (χ1) is 11.3. The van der Waals surface area contributed by atoms with Crippen molar-refractivity contribution in [1.29, 1.82) is 0 Å². The lowest BCUT2D eigenvalue weighted by atomic mass is 9.80. The van der Waals surface area contributed by atoms with Crippen molar-refractivity contribution in [3.05, 3.63) is 71.8 Å². The number of rotatable bonds is 8. The maximum atomic E-state index is 6.20. The molecule has 1 N–H and O–H groups in total. The predicted molar refractivity (Wildman–Crippen MR) is 95.5 cm³/mol. The molecule has 122 valence electrons. The van der Waals surface area contributed by atoms with Crippen molar-refractivity contribution < 1.29 is 4.74 Å². The van der Waals surface area contributed by atoms with Gasteiger partial charge in [0.2, 0.25) is 0 Å². The van der Waals surface area contributed by atoms with Crippen LogP contribution in [0.2, 0.25) is 0 Å². The van der Waals surface area contributed by atoms with Gasteiger partial charge in [-0.2, -0.15) is 0 Å². The van der Waals surface area contributed by atoms with Gasteiger partial charge in [0.25, 0.3) is 0 Å². The summed E-state index contributed by atoms with van der Waals surface area (Å²) in [6, 6.07) is 21.7. The summed E-state index contributed by atoms with van der Waals surface area (Å²) in [7, 11) is 3.91. The monoisotopic (exact) mass is 309 g/mol. The van der Waals surface area contributed by atoms with Crippen LogP contribution in [0.25, 0.3) is 0 Å². The van der Waals surface area contributed by atoms with Crippen LogP contribution in [0.1, 0.15) is 36.8 Å². The Morgan fingerprint density at radius 2 is 1.52 bits per heavy atom. The normalized spacial score (nSPS) is 16.3. The molecule has 1 unspecified atom stereocenters. The molecule has 0 amide bonds. The third kappa shape index (κ3) is 3.65. The van der Waals surface area contributed by atoms with Gasteiger partial charge in [0, 0.05) is 19.6 Å². The van der Waals surface area contributed by atoms with Crippen molar-refractivity contribution in [2.75, 3.05) is 14.2 Å². The van der Waals surface area contributed by atoms with E-state index >= 15 is 0 Å². The molecule has 2 nitrogen and oxygen atoms in total. The number of hydrogen-bond acceptors (Lipinski definition) is 2. The Morgan fingerprint density at radius 1 is 1.00 bits per heavy atom. The SMILES string of the molecule is CNC(CC1CC1)CC(OC)(c1ccccc1)c1ccccc1. The van der Waals surface area contributed by atoms with E-state index in [1.54, 1.807) is 0 Å². The van der Waals surface area contributed by atoms with Gasteiger partial charge in [-0.1, -0.05) is 73.5 Å². The first-order valence-electron chi connectivity index (χ1n) is 8.62. The first kappa shape index (κ1) is 16.2. The van der Waals surface area contributed by atoms with Crippen LogP contribution in [0.15, 0.2) is 60.7 Å². The van der Waals surface area contributed by atoms with E-state index in [0.717, 1.165) is 12.3 Å². The summed E-state index contributed by atoms with van der Waals surface area (Å²) in [6.07, 6.45) is 4.95. The van der Waals surface area contributed by atoms with Crippen molar-refractivity contribution in [1.82, 2.24) is 5.32 Å². The minimum absolute atomic E-state index is 0.398. The smallest absolute Gasteiger partial charge is 0.119 e. The van der Waals surface area contributed by atoms with E-state index in [-0.39, 0.29) is 0 Å². The Kier molecular flexibility index (Phi) is 5.14. The Bertz CT molecular complexity index is 552. The van der Waals surface area contributed by atoms with Gasteiger partial charge in [0.1, 0.15) is 5.60 Å². The number of ether oxygens (including phenoxy) is 1. The average molecular weight is 309 g/mol. The lowest BCUT2D eigenvalue weighted by Crippen LogP contribution is -2.39. The quantitative estimate of drug-likeness (QED) is 0.782. The molecule has 0 aromatic heterocycles. The molecule has 23 heavy (non-hydrogen) atoms. The summed E-state index contributed by atoms with van der Waals surface area (Å²) in [5, 5.41) is 3.52. The zero-order valence-corrected chi connectivity index (χ0v) is 14.2. The van der Waals surface area contributed by atoms with Gasteiger partial charge >= 0.3 is 0 Å². The highest BCUT2D eigenvalue weighted by molar-refractivity contribution is 5.36. The summed E-state index contributed by atoms with van der Waals surface area (Å²) in [5.74, 6) is 0.897. The Morgan fingerprint density at radius 3 is 1.91 bits per heavy atom. The van der Waals surface area contributed by atoms with Gasteiger partial charge in [0.15, 0.2) is 0 Å². The maximum absolute atomic E-state index is 6.20. The van der Waals surface area contributed by atoms with Gasteiger partial charge in [0.05, 0.1) is 0 Å².